The van der Waals surface area contributed by atoms with Crippen molar-refractivity contribution < 1.29 is 41.7 Å². The van der Waals surface area contributed by atoms with Crippen molar-refractivity contribution in [3.05, 3.63) is 58.2 Å². The first-order chi connectivity index (χ1) is 30.1. The number of pyridine rings is 1. The standard InChI is InChI=1S/C45H55N7O9S2/c1-25-16-60-39(25)40(53)48-36-38(50-20-45(21-50)23-59-24-45)41-47-33(17-62-41)27-10-11-34-30(14-27)31(15-44(3,4)22-61-43(55)32-9-7-13-51(49-32)42(36)54)37(52(34)28-18-63(56,57)19-28)29-8-6-12-46-35(29)26(2)58-5/h6,8,10-12,14,17,25-26,28,32,36,38-39,49H,7,9,13,15-16,18-24H2,1-5H3,(H,48,53)/t25-,26-,32-,36-,38?,39+/m0/s1. The number of benzene rings is 1. The van der Waals surface area contributed by atoms with Crippen LogP contribution < -0.4 is 10.7 Å². The van der Waals surface area contributed by atoms with E-state index in [9.17, 15) is 22.8 Å². The highest BCUT2D eigenvalue weighted by Crippen LogP contribution is 2.47. The molecule has 16 nitrogen and oxygen atoms in total. The molecule has 0 radical (unpaired) electrons. The van der Waals surface area contributed by atoms with E-state index >= 15 is 0 Å². The summed E-state index contributed by atoms with van der Waals surface area (Å²) in [6, 6.07) is 7.30. The van der Waals surface area contributed by atoms with Crippen LogP contribution in [0.5, 0.6) is 0 Å². The lowest BCUT2D eigenvalue weighted by molar-refractivity contribution is -0.203. The number of carbonyl (C=O) groups is 3. The van der Waals surface area contributed by atoms with Gasteiger partial charge in [-0.2, -0.15) is 0 Å². The van der Waals surface area contributed by atoms with Gasteiger partial charge < -0.3 is 28.8 Å². The molecule has 4 aromatic rings. The lowest BCUT2D eigenvalue weighted by Gasteiger charge is -2.58. The summed E-state index contributed by atoms with van der Waals surface area (Å²) in [5.74, 6) is -1.18. The summed E-state index contributed by atoms with van der Waals surface area (Å²) in [5, 5.41) is 8.19. The zero-order valence-corrected chi connectivity index (χ0v) is 37.9. The number of cyclic esters (lactones) is 1. The van der Waals surface area contributed by atoms with Crippen molar-refractivity contribution >= 4 is 49.9 Å². The highest BCUT2D eigenvalue weighted by Gasteiger charge is 2.55. The fourth-order valence-electron chi connectivity index (χ4n) is 10.2. The van der Waals surface area contributed by atoms with Gasteiger partial charge in [0.05, 0.1) is 73.2 Å². The summed E-state index contributed by atoms with van der Waals surface area (Å²) in [6.07, 6.45) is 2.18. The van der Waals surface area contributed by atoms with Crippen LogP contribution in [-0.4, -0.2) is 134 Å². The molecular weight excluding hydrogens is 847 g/mol. The molecule has 0 aliphatic carbocycles. The predicted molar refractivity (Wildman–Crippen MR) is 234 cm³/mol. The number of nitrogens with zero attached hydrogens (tertiary/aromatic N) is 5. The van der Waals surface area contributed by atoms with Gasteiger partial charge in [0, 0.05) is 77.1 Å². The van der Waals surface area contributed by atoms with Crippen LogP contribution in [0.1, 0.15) is 75.0 Å². The van der Waals surface area contributed by atoms with Gasteiger partial charge in [-0.15, -0.1) is 11.3 Å². The van der Waals surface area contributed by atoms with Crippen molar-refractivity contribution in [3.63, 3.8) is 0 Å². The number of hydrogen-bond acceptors (Lipinski definition) is 14. The first-order valence-corrected chi connectivity index (χ1v) is 24.6. The summed E-state index contributed by atoms with van der Waals surface area (Å²) in [5.41, 5.74) is 8.41. The predicted octanol–water partition coefficient (Wildman–Crippen LogP) is 4.02. The van der Waals surface area contributed by atoms with Gasteiger partial charge in [-0.25, -0.2) is 18.8 Å². The molecule has 3 aromatic heterocycles. The zero-order valence-electron chi connectivity index (χ0n) is 36.3. The molecule has 6 aliphatic heterocycles. The van der Waals surface area contributed by atoms with E-state index < -0.39 is 45.5 Å². The maximum absolute atomic E-state index is 15.0. The van der Waals surface area contributed by atoms with Gasteiger partial charge in [-0.1, -0.05) is 26.8 Å². The molecular formula is C45H55N7O9S2. The number of carbonyl (C=O) groups excluding carboxylic acids is 3. The van der Waals surface area contributed by atoms with Crippen molar-refractivity contribution in [2.75, 3.05) is 64.7 Å². The molecule has 1 aromatic carbocycles. The molecule has 9 heterocycles. The van der Waals surface area contributed by atoms with Gasteiger partial charge in [0.15, 0.2) is 9.84 Å². The zero-order chi connectivity index (χ0) is 44.0. The third-order valence-electron chi connectivity index (χ3n) is 13.7. The largest absolute Gasteiger partial charge is 0.464 e. The monoisotopic (exact) mass is 901 g/mol. The van der Waals surface area contributed by atoms with E-state index in [1.54, 1.807) is 13.3 Å². The molecule has 2 amide bonds. The van der Waals surface area contributed by atoms with Crippen molar-refractivity contribution in [2.24, 2.45) is 16.7 Å². The van der Waals surface area contributed by atoms with Gasteiger partial charge in [-0.3, -0.25) is 29.3 Å². The summed E-state index contributed by atoms with van der Waals surface area (Å²) in [7, 11) is -1.58. The number of rotatable bonds is 7. The SMILES string of the molecule is CO[C@@H](C)c1ncccc1-c1c2c3cc(ccc3n1C1CS(=O)(=O)C1)-c1csc(n1)C(N1CC3(COC3)C1)[C@H](NC(=O)[C@@H]1OC[C@@H]1C)C(=O)N1CCC[C@H](N1)C(=O)OCC(C)(C)C2. The average molecular weight is 902 g/mol. The number of aromatic nitrogens is 3. The third kappa shape index (κ3) is 7.68. The molecule has 6 bridgehead atoms. The number of esters is 1. The Morgan fingerprint density at radius 2 is 1.92 bits per heavy atom. The maximum Gasteiger partial charge on any atom is 0.324 e. The van der Waals surface area contributed by atoms with E-state index in [0.29, 0.717) is 69.4 Å². The van der Waals surface area contributed by atoms with Crippen molar-refractivity contribution in [3.8, 4) is 22.5 Å². The third-order valence-corrected chi connectivity index (χ3v) is 16.4. The second-order valence-corrected chi connectivity index (χ2v) is 22.4. The summed E-state index contributed by atoms with van der Waals surface area (Å²) in [4.78, 5) is 55.2. The minimum atomic E-state index is -3.22. The Balaban J connectivity index is 1.15. The molecule has 1 spiro atoms. The van der Waals surface area contributed by atoms with E-state index in [1.807, 2.05) is 43.5 Å². The molecule has 2 N–H and O–H groups in total. The van der Waals surface area contributed by atoms with Crippen LogP contribution in [0.4, 0.5) is 0 Å². The first-order valence-electron chi connectivity index (χ1n) is 21.9. The van der Waals surface area contributed by atoms with Crippen LogP contribution in [0.25, 0.3) is 33.4 Å². The Kier molecular flexibility index (Phi) is 10.8. The molecule has 0 saturated carbocycles. The number of ether oxygens (including phenoxy) is 4. The molecule has 5 saturated heterocycles. The summed E-state index contributed by atoms with van der Waals surface area (Å²) < 4.78 is 51.1. The summed E-state index contributed by atoms with van der Waals surface area (Å²) >= 11 is 1.44. The highest BCUT2D eigenvalue weighted by atomic mass is 32.2. The quantitative estimate of drug-likeness (QED) is 0.254. The number of fused-ring (bicyclic) bond motifs is 6. The Morgan fingerprint density at radius 3 is 2.60 bits per heavy atom. The van der Waals surface area contributed by atoms with E-state index in [1.165, 1.54) is 16.3 Å². The number of hydrazine groups is 1. The van der Waals surface area contributed by atoms with Crippen LogP contribution in [0.2, 0.25) is 0 Å². The number of methoxy groups -OCH3 is 1. The van der Waals surface area contributed by atoms with Gasteiger partial charge >= 0.3 is 5.97 Å². The van der Waals surface area contributed by atoms with E-state index in [4.69, 9.17) is 28.9 Å². The molecule has 63 heavy (non-hydrogen) atoms. The van der Waals surface area contributed by atoms with Gasteiger partial charge in [0.25, 0.3) is 5.91 Å². The molecule has 336 valence electrons. The van der Waals surface area contributed by atoms with Crippen LogP contribution in [0.3, 0.4) is 0 Å². The van der Waals surface area contributed by atoms with Crippen molar-refractivity contribution in [1.29, 1.82) is 0 Å². The molecule has 10 rings (SSSR count). The second kappa shape index (κ2) is 16.0. The van der Waals surface area contributed by atoms with Gasteiger partial charge in [0.2, 0.25) is 5.91 Å². The highest BCUT2D eigenvalue weighted by molar-refractivity contribution is 7.92. The van der Waals surface area contributed by atoms with Crippen LogP contribution >= 0.6 is 11.3 Å². The van der Waals surface area contributed by atoms with Crippen molar-refractivity contribution in [1.82, 2.24) is 35.2 Å². The van der Waals surface area contributed by atoms with Crippen LogP contribution in [0.15, 0.2) is 41.9 Å². The topological polar surface area (TPSA) is 184 Å². The molecule has 18 heteroatoms. The Hall–Kier alpha value is -4.30. The average Bonchev–Trinajstić information content (AvgIpc) is 3.83. The Morgan fingerprint density at radius 1 is 1.13 bits per heavy atom. The fourth-order valence-corrected chi connectivity index (χ4v) is 12.6. The number of thiazole rings is 1. The Bertz CT molecular complexity index is 2570. The minimum Gasteiger partial charge on any atom is -0.464 e. The van der Waals surface area contributed by atoms with Gasteiger partial charge in [-0.05, 0) is 56.0 Å². The van der Waals surface area contributed by atoms with Gasteiger partial charge in [0.1, 0.15) is 23.2 Å². The molecule has 6 aliphatic rings. The number of amides is 2. The maximum atomic E-state index is 15.0. The van der Waals surface area contributed by atoms with E-state index in [-0.39, 0.29) is 53.4 Å². The minimum absolute atomic E-state index is 0.00264. The fraction of sp³-hybridized carbons (Fsp3) is 0.578. The van der Waals surface area contributed by atoms with Crippen molar-refractivity contribution in [2.45, 2.75) is 83.3 Å². The van der Waals surface area contributed by atoms with Crippen LogP contribution in [-0.2, 0) is 49.6 Å². The lowest BCUT2D eigenvalue weighted by atomic mass is 9.76. The normalized spacial score (nSPS) is 28.5. The number of nitrogens with one attached hydrogen (secondary N) is 2. The Labute approximate surface area is 370 Å². The number of likely N-dealkylation sites (tertiary alicyclic amines) is 1. The number of hydrogen-bond donors (Lipinski definition) is 2. The summed E-state index contributed by atoms with van der Waals surface area (Å²) in [6.45, 7) is 11.5. The lowest BCUT2D eigenvalue weighted by Crippen LogP contribution is -2.70. The van der Waals surface area contributed by atoms with E-state index in [0.717, 1.165) is 39.0 Å². The van der Waals surface area contributed by atoms with Crippen LogP contribution in [0, 0.1) is 16.7 Å². The first kappa shape index (κ1) is 42.6. The number of sulfone groups is 1. The van der Waals surface area contributed by atoms with E-state index in [2.05, 4.69) is 40.1 Å². The molecule has 5 fully saturated rings. The smallest absolute Gasteiger partial charge is 0.324 e. The molecule has 1 unspecified atom stereocenters. The second-order valence-electron chi connectivity index (χ2n) is 19.4. The molecule has 6 atom stereocenters.